The second-order valence-corrected chi connectivity index (χ2v) is 5.44. The number of carbonyl (C=O) groups excluding carboxylic acids is 2. The van der Waals surface area contributed by atoms with Crippen molar-refractivity contribution in [2.75, 3.05) is 12.4 Å². The summed E-state index contributed by atoms with van der Waals surface area (Å²) in [6, 6.07) is 9.37. The van der Waals surface area contributed by atoms with Crippen molar-refractivity contribution < 1.29 is 19.4 Å². The number of ether oxygens (including phenoxy) is 1. The van der Waals surface area contributed by atoms with Gasteiger partial charge in [0.2, 0.25) is 0 Å². The lowest BCUT2D eigenvalue weighted by Crippen LogP contribution is -2.14. The molecule has 0 atom stereocenters. The molecular formula is C16H14BrNO4. The van der Waals surface area contributed by atoms with E-state index < -0.39 is 5.97 Å². The average molecular weight is 364 g/mol. The Balaban J connectivity index is 2.32. The van der Waals surface area contributed by atoms with E-state index in [1.807, 2.05) is 13.0 Å². The fourth-order valence-electron chi connectivity index (χ4n) is 1.92. The smallest absolute Gasteiger partial charge is 0.337 e. The summed E-state index contributed by atoms with van der Waals surface area (Å²) in [4.78, 5) is 23.8. The fourth-order valence-corrected chi connectivity index (χ4v) is 2.29. The molecule has 0 bridgehead atoms. The molecule has 0 aliphatic heterocycles. The van der Waals surface area contributed by atoms with E-state index in [1.54, 1.807) is 12.1 Å². The summed E-state index contributed by atoms with van der Waals surface area (Å²) in [5.74, 6) is -1.06. The SMILES string of the molecule is COC(=O)c1ccc(O)c(NC(=O)c2cccc(Br)c2C)c1. The number of nitrogens with one attached hydrogen (secondary N) is 1. The van der Waals surface area contributed by atoms with Crippen LogP contribution in [0.5, 0.6) is 5.75 Å². The third-order valence-corrected chi connectivity index (χ3v) is 4.04. The van der Waals surface area contributed by atoms with E-state index in [2.05, 4.69) is 26.0 Å². The lowest BCUT2D eigenvalue weighted by Gasteiger charge is -2.11. The highest BCUT2D eigenvalue weighted by Crippen LogP contribution is 2.26. The van der Waals surface area contributed by atoms with Gasteiger partial charge in [-0.25, -0.2) is 4.79 Å². The topological polar surface area (TPSA) is 75.6 Å². The first-order chi connectivity index (χ1) is 10.4. The predicted molar refractivity (Wildman–Crippen MR) is 86.3 cm³/mol. The molecule has 0 unspecified atom stereocenters. The molecular weight excluding hydrogens is 350 g/mol. The molecule has 0 aliphatic carbocycles. The third-order valence-electron chi connectivity index (χ3n) is 3.18. The summed E-state index contributed by atoms with van der Waals surface area (Å²) in [7, 11) is 1.26. The Labute approximate surface area is 136 Å². The summed E-state index contributed by atoms with van der Waals surface area (Å²) in [6.07, 6.45) is 0. The Kier molecular flexibility index (Phi) is 4.82. The van der Waals surface area contributed by atoms with Gasteiger partial charge in [0.1, 0.15) is 5.75 Å². The van der Waals surface area contributed by atoms with Gasteiger partial charge in [-0.05, 0) is 42.8 Å². The van der Waals surface area contributed by atoms with Crippen LogP contribution in [0.2, 0.25) is 0 Å². The second-order valence-electron chi connectivity index (χ2n) is 4.59. The number of benzene rings is 2. The second kappa shape index (κ2) is 6.62. The number of esters is 1. The van der Waals surface area contributed by atoms with Crippen LogP contribution < -0.4 is 5.32 Å². The van der Waals surface area contributed by atoms with E-state index in [-0.39, 0.29) is 22.9 Å². The van der Waals surface area contributed by atoms with E-state index in [0.717, 1.165) is 10.0 Å². The van der Waals surface area contributed by atoms with E-state index in [1.165, 1.54) is 25.3 Å². The van der Waals surface area contributed by atoms with Crippen LogP contribution in [0.1, 0.15) is 26.3 Å². The average Bonchev–Trinajstić information content (AvgIpc) is 2.51. The van der Waals surface area contributed by atoms with Crippen LogP contribution >= 0.6 is 15.9 Å². The number of carbonyl (C=O) groups is 2. The monoisotopic (exact) mass is 363 g/mol. The van der Waals surface area contributed by atoms with Crippen LogP contribution in [0.3, 0.4) is 0 Å². The van der Waals surface area contributed by atoms with Crippen LogP contribution in [0.25, 0.3) is 0 Å². The first-order valence-electron chi connectivity index (χ1n) is 6.42. The van der Waals surface area contributed by atoms with E-state index >= 15 is 0 Å². The first kappa shape index (κ1) is 16.0. The first-order valence-corrected chi connectivity index (χ1v) is 7.21. The molecule has 1 amide bonds. The Hall–Kier alpha value is -2.34. The molecule has 0 spiro atoms. The third kappa shape index (κ3) is 3.28. The van der Waals surface area contributed by atoms with Crippen molar-refractivity contribution in [3.05, 3.63) is 57.6 Å². The van der Waals surface area contributed by atoms with Crippen LogP contribution in [0.4, 0.5) is 5.69 Å². The largest absolute Gasteiger partial charge is 0.506 e. The minimum atomic E-state index is -0.547. The molecule has 6 heteroatoms. The molecule has 2 aromatic rings. The number of halogens is 1. The summed E-state index contributed by atoms with van der Waals surface area (Å²) >= 11 is 3.36. The molecule has 0 heterocycles. The summed E-state index contributed by atoms with van der Waals surface area (Å²) in [5.41, 5.74) is 1.63. The normalized spacial score (nSPS) is 10.1. The molecule has 22 heavy (non-hydrogen) atoms. The van der Waals surface area contributed by atoms with Crippen molar-refractivity contribution in [3.8, 4) is 5.75 Å². The van der Waals surface area contributed by atoms with Gasteiger partial charge in [0.15, 0.2) is 0 Å². The number of rotatable bonds is 3. The Morgan fingerprint density at radius 3 is 2.64 bits per heavy atom. The zero-order valence-electron chi connectivity index (χ0n) is 12.0. The minimum Gasteiger partial charge on any atom is -0.506 e. The number of hydrogen-bond donors (Lipinski definition) is 2. The van der Waals surface area contributed by atoms with Crippen molar-refractivity contribution >= 4 is 33.5 Å². The van der Waals surface area contributed by atoms with Gasteiger partial charge in [-0.1, -0.05) is 22.0 Å². The molecule has 2 aromatic carbocycles. The maximum Gasteiger partial charge on any atom is 0.337 e. The molecule has 5 nitrogen and oxygen atoms in total. The fraction of sp³-hybridized carbons (Fsp3) is 0.125. The Bertz CT molecular complexity index is 743. The maximum atomic E-state index is 12.3. The van der Waals surface area contributed by atoms with Crippen molar-refractivity contribution in [2.24, 2.45) is 0 Å². The summed E-state index contributed by atoms with van der Waals surface area (Å²) in [6.45, 7) is 1.81. The Morgan fingerprint density at radius 1 is 1.23 bits per heavy atom. The number of phenols is 1. The van der Waals surface area contributed by atoms with E-state index in [0.29, 0.717) is 5.56 Å². The standard InChI is InChI=1S/C16H14BrNO4/c1-9-11(4-3-5-12(9)17)15(20)18-13-8-10(16(21)22-2)6-7-14(13)19/h3-8,19H,1-2H3,(H,18,20). The van der Waals surface area contributed by atoms with Gasteiger partial charge >= 0.3 is 5.97 Å². The molecule has 2 rings (SSSR count). The van der Waals surface area contributed by atoms with Crippen molar-refractivity contribution in [1.29, 1.82) is 0 Å². The van der Waals surface area contributed by atoms with Gasteiger partial charge in [0, 0.05) is 10.0 Å². The van der Waals surface area contributed by atoms with Gasteiger partial charge < -0.3 is 15.2 Å². The van der Waals surface area contributed by atoms with E-state index in [9.17, 15) is 14.7 Å². The van der Waals surface area contributed by atoms with Gasteiger partial charge in [0.05, 0.1) is 18.4 Å². The molecule has 0 saturated carbocycles. The minimum absolute atomic E-state index is 0.131. The number of hydrogen-bond acceptors (Lipinski definition) is 4. The highest BCUT2D eigenvalue weighted by atomic mass is 79.9. The van der Waals surface area contributed by atoms with Crippen molar-refractivity contribution in [2.45, 2.75) is 6.92 Å². The molecule has 0 radical (unpaired) electrons. The molecule has 114 valence electrons. The number of anilines is 1. The van der Waals surface area contributed by atoms with Crippen LogP contribution in [-0.2, 0) is 4.74 Å². The van der Waals surface area contributed by atoms with Gasteiger partial charge in [0.25, 0.3) is 5.91 Å². The number of methoxy groups -OCH3 is 1. The quantitative estimate of drug-likeness (QED) is 0.646. The van der Waals surface area contributed by atoms with Crippen LogP contribution in [0.15, 0.2) is 40.9 Å². The van der Waals surface area contributed by atoms with Gasteiger partial charge in [-0.15, -0.1) is 0 Å². The van der Waals surface area contributed by atoms with Crippen molar-refractivity contribution in [3.63, 3.8) is 0 Å². The molecule has 0 aromatic heterocycles. The summed E-state index contributed by atoms with van der Waals surface area (Å²) < 4.78 is 5.43. The zero-order valence-corrected chi connectivity index (χ0v) is 13.6. The molecule has 0 fully saturated rings. The lowest BCUT2D eigenvalue weighted by atomic mass is 10.1. The van der Waals surface area contributed by atoms with Gasteiger partial charge in [-0.3, -0.25) is 4.79 Å². The summed E-state index contributed by atoms with van der Waals surface area (Å²) in [5, 5.41) is 12.4. The zero-order chi connectivity index (χ0) is 16.3. The Morgan fingerprint density at radius 2 is 1.95 bits per heavy atom. The number of phenolic OH excluding ortho intramolecular Hbond substituents is 1. The van der Waals surface area contributed by atoms with Gasteiger partial charge in [-0.2, -0.15) is 0 Å². The number of aromatic hydroxyl groups is 1. The maximum absolute atomic E-state index is 12.3. The molecule has 0 saturated heterocycles. The predicted octanol–water partition coefficient (Wildman–Crippen LogP) is 3.50. The highest BCUT2D eigenvalue weighted by Gasteiger charge is 2.15. The van der Waals surface area contributed by atoms with Crippen LogP contribution in [-0.4, -0.2) is 24.1 Å². The molecule has 2 N–H and O–H groups in total. The highest BCUT2D eigenvalue weighted by molar-refractivity contribution is 9.10. The number of amides is 1. The van der Waals surface area contributed by atoms with Crippen LogP contribution in [0, 0.1) is 6.92 Å². The lowest BCUT2D eigenvalue weighted by molar-refractivity contribution is 0.0600. The van der Waals surface area contributed by atoms with Crippen molar-refractivity contribution in [1.82, 2.24) is 0 Å². The molecule has 0 aliphatic rings. The van der Waals surface area contributed by atoms with E-state index in [4.69, 9.17) is 0 Å².